The third-order valence-electron chi connectivity index (χ3n) is 3.35. The molecule has 0 aromatic heterocycles. The number of halogens is 1. The van der Waals surface area contributed by atoms with Gasteiger partial charge in [-0.05, 0) is 36.4 Å². The lowest BCUT2D eigenvalue weighted by Crippen LogP contribution is -2.45. The molecule has 0 bridgehead atoms. The molecular formula is C17H15FN2O2. The van der Waals surface area contributed by atoms with Crippen molar-refractivity contribution in [3.63, 3.8) is 0 Å². The van der Waals surface area contributed by atoms with Crippen molar-refractivity contribution in [3.8, 4) is 11.5 Å². The van der Waals surface area contributed by atoms with Crippen LogP contribution < -0.4 is 15.0 Å². The minimum absolute atomic E-state index is 0.185. The normalized spacial score (nSPS) is 14.7. The van der Waals surface area contributed by atoms with Gasteiger partial charge in [0.2, 0.25) is 0 Å². The maximum absolute atomic E-state index is 13.1. The Morgan fingerprint density at radius 2 is 1.91 bits per heavy atom. The summed E-state index contributed by atoms with van der Waals surface area (Å²) in [6.07, 6.45) is 0.716. The topological polar surface area (TPSA) is 41.6 Å². The van der Waals surface area contributed by atoms with Crippen LogP contribution in [0, 0.1) is 5.82 Å². The minimum atomic E-state index is -0.348. The zero-order valence-electron chi connectivity index (χ0n) is 11.9. The van der Waals surface area contributed by atoms with E-state index in [1.54, 1.807) is 41.3 Å². The fourth-order valence-corrected chi connectivity index (χ4v) is 2.24. The van der Waals surface area contributed by atoms with Crippen molar-refractivity contribution in [2.24, 2.45) is 0 Å². The Hall–Kier alpha value is -2.82. The van der Waals surface area contributed by atoms with Crippen LogP contribution in [0.1, 0.15) is 6.42 Å². The van der Waals surface area contributed by atoms with E-state index in [1.165, 1.54) is 12.1 Å². The highest BCUT2D eigenvalue weighted by Crippen LogP contribution is 2.26. The molecule has 112 valence electrons. The molecule has 1 heterocycles. The van der Waals surface area contributed by atoms with Gasteiger partial charge in [0.15, 0.2) is 0 Å². The van der Waals surface area contributed by atoms with Gasteiger partial charge in [0.05, 0.1) is 0 Å². The molecule has 1 aliphatic heterocycles. The van der Waals surface area contributed by atoms with Crippen LogP contribution in [0.4, 0.5) is 14.9 Å². The van der Waals surface area contributed by atoms with E-state index >= 15 is 0 Å². The average molecular weight is 298 g/mol. The van der Waals surface area contributed by atoms with Gasteiger partial charge in [0, 0.05) is 30.4 Å². The van der Waals surface area contributed by atoms with Crippen LogP contribution in [0.3, 0.4) is 0 Å². The summed E-state index contributed by atoms with van der Waals surface area (Å²) >= 11 is 0. The van der Waals surface area contributed by atoms with Gasteiger partial charge in [-0.1, -0.05) is 12.6 Å². The number of ether oxygens (including phenoxy) is 1. The van der Waals surface area contributed by atoms with E-state index in [1.807, 2.05) is 0 Å². The monoisotopic (exact) mass is 298 g/mol. The summed E-state index contributed by atoms with van der Waals surface area (Å²) in [4.78, 5) is 13.5. The number of hydrogen-bond acceptors (Lipinski definition) is 2. The predicted molar refractivity (Wildman–Crippen MR) is 82.6 cm³/mol. The first-order chi connectivity index (χ1) is 10.6. The maximum atomic E-state index is 13.1. The Bertz CT molecular complexity index is 713. The van der Waals surface area contributed by atoms with Gasteiger partial charge in [0.25, 0.3) is 0 Å². The van der Waals surface area contributed by atoms with Gasteiger partial charge in [0.1, 0.15) is 17.3 Å². The van der Waals surface area contributed by atoms with Crippen LogP contribution in [0.25, 0.3) is 0 Å². The lowest BCUT2D eigenvalue weighted by Gasteiger charge is -2.28. The molecular weight excluding hydrogens is 283 g/mol. The van der Waals surface area contributed by atoms with E-state index in [9.17, 15) is 9.18 Å². The molecule has 0 spiro atoms. The van der Waals surface area contributed by atoms with E-state index in [0.29, 0.717) is 24.5 Å². The molecule has 22 heavy (non-hydrogen) atoms. The highest BCUT2D eigenvalue weighted by atomic mass is 19.1. The molecule has 2 aromatic rings. The van der Waals surface area contributed by atoms with Crippen LogP contribution in [-0.4, -0.2) is 12.6 Å². The molecule has 4 nitrogen and oxygen atoms in total. The Labute approximate surface area is 127 Å². The van der Waals surface area contributed by atoms with Gasteiger partial charge < -0.3 is 10.1 Å². The lowest BCUT2D eigenvalue weighted by atomic mass is 10.2. The Kier molecular flexibility index (Phi) is 3.78. The largest absolute Gasteiger partial charge is 0.457 e. The highest BCUT2D eigenvalue weighted by molar-refractivity contribution is 5.94. The quantitative estimate of drug-likeness (QED) is 0.928. The third kappa shape index (κ3) is 3.09. The fourth-order valence-electron chi connectivity index (χ4n) is 2.24. The number of carbonyl (C=O) groups excluding carboxylic acids is 1. The molecule has 1 saturated heterocycles. The van der Waals surface area contributed by atoms with Gasteiger partial charge in [-0.3, -0.25) is 4.90 Å². The van der Waals surface area contributed by atoms with Crippen molar-refractivity contribution in [2.75, 3.05) is 11.4 Å². The number of nitrogens with zero attached hydrogens (tertiary/aromatic N) is 1. The summed E-state index contributed by atoms with van der Waals surface area (Å²) in [7, 11) is 0. The third-order valence-corrected chi connectivity index (χ3v) is 3.35. The summed E-state index contributed by atoms with van der Waals surface area (Å²) in [6.45, 7) is 4.34. The number of carbonyl (C=O) groups is 1. The predicted octanol–water partition coefficient (Wildman–Crippen LogP) is 4.05. The molecule has 3 rings (SSSR count). The summed E-state index contributed by atoms with van der Waals surface area (Å²) in [5.41, 5.74) is 1.50. The Morgan fingerprint density at radius 1 is 1.14 bits per heavy atom. The standard InChI is InChI=1S/C17H15FN2O2/c1-12-9-10-20(17(21)19-12)14-5-7-15(8-6-14)22-16-4-2-3-13(18)11-16/h2-8,11H,1,9-10H2,(H,19,21). The van der Waals surface area contributed by atoms with Gasteiger partial charge >= 0.3 is 6.03 Å². The number of urea groups is 1. The van der Waals surface area contributed by atoms with E-state index in [4.69, 9.17) is 4.74 Å². The molecule has 2 aromatic carbocycles. The number of rotatable bonds is 3. The van der Waals surface area contributed by atoms with Crippen LogP contribution >= 0.6 is 0 Å². The molecule has 0 aliphatic carbocycles. The molecule has 0 atom stereocenters. The second kappa shape index (κ2) is 5.89. The summed E-state index contributed by atoms with van der Waals surface area (Å²) in [6, 6.07) is 12.8. The number of amides is 2. The number of anilines is 1. The van der Waals surface area contributed by atoms with Crippen molar-refractivity contribution in [1.29, 1.82) is 0 Å². The van der Waals surface area contributed by atoms with Crippen LogP contribution in [0.15, 0.2) is 60.8 Å². The molecule has 0 radical (unpaired) electrons. The number of benzene rings is 2. The first-order valence-electron chi connectivity index (χ1n) is 6.91. The summed E-state index contributed by atoms with van der Waals surface area (Å²) in [5, 5.41) is 2.71. The first-order valence-corrected chi connectivity index (χ1v) is 6.91. The second-order valence-electron chi connectivity index (χ2n) is 4.99. The molecule has 0 unspecified atom stereocenters. The van der Waals surface area contributed by atoms with Gasteiger partial charge in [-0.25, -0.2) is 9.18 Å². The van der Waals surface area contributed by atoms with E-state index < -0.39 is 0 Å². The van der Waals surface area contributed by atoms with E-state index in [0.717, 1.165) is 11.4 Å². The van der Waals surface area contributed by atoms with Crippen molar-refractivity contribution >= 4 is 11.7 Å². The number of nitrogens with one attached hydrogen (secondary N) is 1. The molecule has 5 heteroatoms. The minimum Gasteiger partial charge on any atom is -0.457 e. The molecule has 1 aliphatic rings. The van der Waals surface area contributed by atoms with Crippen molar-refractivity contribution in [3.05, 3.63) is 66.6 Å². The van der Waals surface area contributed by atoms with Crippen LogP contribution in [0.5, 0.6) is 11.5 Å². The summed E-state index contributed by atoms with van der Waals surface area (Å²) < 4.78 is 18.7. The van der Waals surface area contributed by atoms with E-state index in [-0.39, 0.29) is 11.8 Å². The zero-order valence-corrected chi connectivity index (χ0v) is 11.9. The Morgan fingerprint density at radius 3 is 2.59 bits per heavy atom. The highest BCUT2D eigenvalue weighted by Gasteiger charge is 2.21. The first kappa shape index (κ1) is 14.1. The van der Waals surface area contributed by atoms with Crippen LogP contribution in [-0.2, 0) is 0 Å². The zero-order chi connectivity index (χ0) is 15.5. The maximum Gasteiger partial charge on any atom is 0.326 e. The van der Waals surface area contributed by atoms with Crippen molar-refractivity contribution < 1.29 is 13.9 Å². The van der Waals surface area contributed by atoms with Gasteiger partial charge in [-0.2, -0.15) is 0 Å². The van der Waals surface area contributed by atoms with E-state index in [2.05, 4.69) is 11.9 Å². The second-order valence-corrected chi connectivity index (χ2v) is 4.99. The van der Waals surface area contributed by atoms with Gasteiger partial charge in [-0.15, -0.1) is 0 Å². The molecule has 2 amide bonds. The van der Waals surface area contributed by atoms with Crippen LogP contribution in [0.2, 0.25) is 0 Å². The number of hydrogen-bond donors (Lipinski definition) is 1. The SMILES string of the molecule is C=C1CCN(c2ccc(Oc3cccc(F)c3)cc2)C(=O)N1. The summed E-state index contributed by atoms with van der Waals surface area (Å²) in [5.74, 6) is 0.662. The molecule has 0 saturated carbocycles. The molecule has 1 N–H and O–H groups in total. The lowest BCUT2D eigenvalue weighted by molar-refractivity contribution is 0.246. The van der Waals surface area contributed by atoms with Crippen molar-refractivity contribution in [1.82, 2.24) is 5.32 Å². The smallest absolute Gasteiger partial charge is 0.326 e. The van der Waals surface area contributed by atoms with Crippen molar-refractivity contribution in [2.45, 2.75) is 6.42 Å². The fraction of sp³-hybridized carbons (Fsp3) is 0.118. The molecule has 1 fully saturated rings. The Balaban J connectivity index is 1.73. The average Bonchev–Trinajstić information content (AvgIpc) is 2.48.